The van der Waals surface area contributed by atoms with E-state index >= 15 is 0 Å². The molecule has 0 aliphatic rings. The second-order valence-corrected chi connectivity index (χ2v) is 6.17. The number of nitrogens with one attached hydrogen (secondary N) is 2. The molecule has 0 fully saturated rings. The first-order valence-corrected chi connectivity index (χ1v) is 9.09. The number of benzene rings is 1. The van der Waals surface area contributed by atoms with E-state index in [1.807, 2.05) is 25.1 Å². The van der Waals surface area contributed by atoms with Gasteiger partial charge in [-0.2, -0.15) is 0 Å². The summed E-state index contributed by atoms with van der Waals surface area (Å²) in [6, 6.07) is 8.91. The van der Waals surface area contributed by atoms with Gasteiger partial charge in [0.2, 0.25) is 5.91 Å². The van der Waals surface area contributed by atoms with Gasteiger partial charge in [0.15, 0.2) is 5.96 Å². The SMILES string of the molecule is CCNC(=NCc1cc(F)ccc1F)NCC(=O)N(C)CCc1ccccn1.I. The zero-order chi connectivity index (χ0) is 20.4. The molecule has 2 aromatic rings. The number of nitrogens with zero attached hydrogens (tertiary/aromatic N) is 3. The molecular weight excluding hydrogens is 491 g/mol. The maximum atomic E-state index is 13.7. The van der Waals surface area contributed by atoms with Gasteiger partial charge in [0.25, 0.3) is 0 Å². The van der Waals surface area contributed by atoms with Crippen molar-refractivity contribution in [2.24, 2.45) is 4.99 Å². The maximum Gasteiger partial charge on any atom is 0.241 e. The van der Waals surface area contributed by atoms with Crippen molar-refractivity contribution in [2.75, 3.05) is 26.7 Å². The van der Waals surface area contributed by atoms with Crippen molar-refractivity contribution in [1.82, 2.24) is 20.5 Å². The number of amides is 1. The zero-order valence-corrected chi connectivity index (χ0v) is 18.8. The molecular formula is C20H26F2IN5O. The molecule has 29 heavy (non-hydrogen) atoms. The number of pyridine rings is 1. The molecule has 1 amide bonds. The van der Waals surface area contributed by atoms with Crippen LogP contribution in [-0.4, -0.2) is 48.4 Å². The van der Waals surface area contributed by atoms with Gasteiger partial charge in [-0.25, -0.2) is 13.8 Å². The molecule has 0 spiro atoms. The number of carbonyl (C=O) groups is 1. The van der Waals surface area contributed by atoms with E-state index in [4.69, 9.17) is 0 Å². The Kier molecular flexibility index (Phi) is 11.1. The van der Waals surface area contributed by atoms with Crippen molar-refractivity contribution in [2.45, 2.75) is 19.9 Å². The number of rotatable bonds is 8. The lowest BCUT2D eigenvalue weighted by Crippen LogP contribution is -2.44. The number of halogens is 3. The molecule has 2 rings (SSSR count). The van der Waals surface area contributed by atoms with Crippen molar-refractivity contribution < 1.29 is 13.6 Å². The number of likely N-dealkylation sites (N-methyl/N-ethyl adjacent to an activating group) is 1. The second-order valence-electron chi connectivity index (χ2n) is 6.17. The molecule has 0 aliphatic heterocycles. The maximum absolute atomic E-state index is 13.7. The van der Waals surface area contributed by atoms with Crippen molar-refractivity contribution >= 4 is 35.8 Å². The minimum atomic E-state index is -0.522. The van der Waals surface area contributed by atoms with Crippen LogP contribution in [0.5, 0.6) is 0 Å². The van der Waals surface area contributed by atoms with Crippen LogP contribution in [0.2, 0.25) is 0 Å². The standard InChI is InChI=1S/C20H25F2N5O.HI/c1-3-23-20(25-13-15-12-16(21)7-8-18(15)22)26-14-19(28)27(2)11-9-17-6-4-5-10-24-17;/h4-8,10,12H,3,9,11,13-14H2,1-2H3,(H2,23,25,26);1H. The monoisotopic (exact) mass is 517 g/mol. The van der Waals surface area contributed by atoms with Crippen LogP contribution in [0.1, 0.15) is 18.2 Å². The van der Waals surface area contributed by atoms with Crippen molar-refractivity contribution in [3.63, 3.8) is 0 Å². The Morgan fingerprint density at radius 2 is 2.00 bits per heavy atom. The molecule has 0 unspecified atom stereocenters. The van der Waals surface area contributed by atoms with Crippen LogP contribution in [0.3, 0.4) is 0 Å². The van der Waals surface area contributed by atoms with Gasteiger partial charge in [0.05, 0.1) is 13.1 Å². The molecule has 0 saturated carbocycles. The van der Waals surface area contributed by atoms with Crippen LogP contribution in [0.25, 0.3) is 0 Å². The minimum Gasteiger partial charge on any atom is -0.357 e. The lowest BCUT2D eigenvalue weighted by atomic mass is 10.2. The molecule has 1 heterocycles. The first-order valence-electron chi connectivity index (χ1n) is 9.09. The summed E-state index contributed by atoms with van der Waals surface area (Å²) in [4.78, 5) is 22.4. The first kappa shape index (κ1) is 24.7. The Hall–Kier alpha value is -2.30. The van der Waals surface area contributed by atoms with Crippen LogP contribution in [0.4, 0.5) is 8.78 Å². The average molecular weight is 517 g/mol. The van der Waals surface area contributed by atoms with Crippen molar-refractivity contribution in [3.05, 3.63) is 65.5 Å². The summed E-state index contributed by atoms with van der Waals surface area (Å²) >= 11 is 0. The molecule has 2 N–H and O–H groups in total. The molecule has 0 bridgehead atoms. The van der Waals surface area contributed by atoms with Crippen molar-refractivity contribution in [1.29, 1.82) is 0 Å². The molecule has 0 radical (unpaired) electrons. The highest BCUT2D eigenvalue weighted by atomic mass is 127. The van der Waals surface area contributed by atoms with Gasteiger partial charge in [-0.1, -0.05) is 6.07 Å². The lowest BCUT2D eigenvalue weighted by molar-refractivity contribution is -0.128. The van der Waals surface area contributed by atoms with Crippen molar-refractivity contribution in [3.8, 4) is 0 Å². The van der Waals surface area contributed by atoms with E-state index in [-0.39, 0.29) is 48.5 Å². The van der Waals surface area contributed by atoms with Crippen LogP contribution < -0.4 is 10.6 Å². The van der Waals surface area contributed by atoms with Gasteiger partial charge in [-0.05, 0) is 37.3 Å². The molecule has 0 aliphatic carbocycles. The molecule has 9 heteroatoms. The quantitative estimate of drug-likeness (QED) is 0.321. The fourth-order valence-corrected chi connectivity index (χ4v) is 2.42. The summed E-state index contributed by atoms with van der Waals surface area (Å²) in [6.45, 7) is 2.99. The van der Waals surface area contributed by atoms with E-state index in [1.54, 1.807) is 18.1 Å². The topological polar surface area (TPSA) is 69.6 Å². The summed E-state index contributed by atoms with van der Waals surface area (Å²) in [5, 5.41) is 5.90. The fourth-order valence-electron chi connectivity index (χ4n) is 2.42. The summed E-state index contributed by atoms with van der Waals surface area (Å²) in [5.74, 6) is -0.795. The number of guanidine groups is 1. The van der Waals surface area contributed by atoms with E-state index < -0.39 is 11.6 Å². The van der Waals surface area contributed by atoms with Gasteiger partial charge in [-0.15, -0.1) is 24.0 Å². The molecule has 0 saturated heterocycles. The number of carbonyl (C=O) groups excluding carboxylic acids is 1. The van der Waals surface area contributed by atoms with E-state index in [0.717, 1.165) is 23.9 Å². The van der Waals surface area contributed by atoms with Gasteiger partial charge in [0, 0.05) is 44.0 Å². The van der Waals surface area contributed by atoms with Gasteiger partial charge < -0.3 is 15.5 Å². The first-order chi connectivity index (χ1) is 13.5. The highest BCUT2D eigenvalue weighted by Crippen LogP contribution is 2.10. The third kappa shape index (κ3) is 8.71. The largest absolute Gasteiger partial charge is 0.357 e. The van der Waals surface area contributed by atoms with E-state index in [2.05, 4.69) is 20.6 Å². The lowest BCUT2D eigenvalue weighted by Gasteiger charge is -2.18. The van der Waals surface area contributed by atoms with E-state index in [0.29, 0.717) is 25.5 Å². The van der Waals surface area contributed by atoms with E-state index in [9.17, 15) is 13.6 Å². The average Bonchev–Trinajstić information content (AvgIpc) is 2.71. The summed E-state index contributed by atoms with van der Waals surface area (Å²) < 4.78 is 27.0. The Labute approximate surface area is 186 Å². The normalized spacial score (nSPS) is 10.8. The third-order valence-corrected chi connectivity index (χ3v) is 4.02. The van der Waals surface area contributed by atoms with Gasteiger partial charge in [-0.3, -0.25) is 9.78 Å². The van der Waals surface area contributed by atoms with Gasteiger partial charge >= 0.3 is 0 Å². The Balaban J connectivity index is 0.00000420. The number of aromatic nitrogens is 1. The third-order valence-electron chi connectivity index (χ3n) is 4.02. The predicted molar refractivity (Wildman–Crippen MR) is 120 cm³/mol. The summed E-state index contributed by atoms with van der Waals surface area (Å²) in [5.41, 5.74) is 1.07. The van der Waals surface area contributed by atoms with E-state index in [1.165, 1.54) is 0 Å². The Bertz CT molecular complexity index is 805. The summed E-state index contributed by atoms with van der Waals surface area (Å²) in [6.07, 6.45) is 2.38. The highest BCUT2D eigenvalue weighted by molar-refractivity contribution is 14.0. The number of hydrogen-bond acceptors (Lipinski definition) is 3. The van der Waals surface area contributed by atoms with Crippen LogP contribution in [-0.2, 0) is 17.8 Å². The molecule has 6 nitrogen and oxygen atoms in total. The number of hydrogen-bond donors (Lipinski definition) is 2. The molecule has 158 valence electrons. The smallest absolute Gasteiger partial charge is 0.241 e. The Morgan fingerprint density at radius 3 is 2.69 bits per heavy atom. The van der Waals surface area contributed by atoms with Crippen LogP contribution >= 0.6 is 24.0 Å². The summed E-state index contributed by atoms with van der Waals surface area (Å²) in [7, 11) is 1.72. The van der Waals surface area contributed by atoms with Gasteiger partial charge in [0.1, 0.15) is 11.6 Å². The molecule has 1 aromatic carbocycles. The zero-order valence-electron chi connectivity index (χ0n) is 16.5. The number of aliphatic imine (C=N–C) groups is 1. The molecule has 0 atom stereocenters. The second kappa shape index (κ2) is 13.0. The predicted octanol–water partition coefficient (Wildman–Crippen LogP) is 2.73. The van der Waals surface area contributed by atoms with Crippen LogP contribution in [0, 0.1) is 11.6 Å². The highest BCUT2D eigenvalue weighted by Gasteiger charge is 2.10. The molecule has 1 aromatic heterocycles. The Morgan fingerprint density at radius 1 is 1.21 bits per heavy atom. The minimum absolute atomic E-state index is 0. The fraction of sp³-hybridized carbons (Fsp3) is 0.350. The van der Waals surface area contributed by atoms with Crippen LogP contribution in [0.15, 0.2) is 47.6 Å².